The fourth-order valence-electron chi connectivity index (χ4n) is 2.99. The molecule has 2 aromatic heterocycles. The average molecular weight is 381 g/mol. The molecule has 1 aliphatic rings. The molecule has 1 aromatic carbocycles. The van der Waals surface area contributed by atoms with Gasteiger partial charge in [0.2, 0.25) is 0 Å². The Morgan fingerprint density at radius 3 is 2.89 bits per heavy atom. The Morgan fingerprint density at radius 2 is 2.15 bits per heavy atom. The van der Waals surface area contributed by atoms with Crippen LogP contribution in [0.2, 0.25) is 0 Å². The van der Waals surface area contributed by atoms with Gasteiger partial charge in [0.05, 0.1) is 21.1 Å². The zero-order chi connectivity index (χ0) is 18.8. The highest BCUT2D eigenvalue weighted by Crippen LogP contribution is 2.41. The second-order valence-electron chi connectivity index (χ2n) is 6.40. The molecule has 0 fully saturated rings. The normalized spacial score (nSPS) is 12.9. The molecule has 0 bridgehead atoms. The number of fused-ring (bicyclic) bond motifs is 1. The maximum Gasteiger partial charge on any atom is 0.167 e. The highest BCUT2D eigenvalue weighted by molar-refractivity contribution is 7.17. The number of hydrogen-bond donors (Lipinski definition) is 2. The quantitative estimate of drug-likeness (QED) is 0.587. The van der Waals surface area contributed by atoms with E-state index in [9.17, 15) is 4.39 Å². The van der Waals surface area contributed by atoms with Crippen LogP contribution in [-0.2, 0) is 6.42 Å². The third kappa shape index (κ3) is 3.66. The van der Waals surface area contributed by atoms with E-state index in [2.05, 4.69) is 29.4 Å². The molecule has 0 atom stereocenters. The number of aromatic nitrogens is 1. The van der Waals surface area contributed by atoms with Crippen LogP contribution >= 0.6 is 11.3 Å². The monoisotopic (exact) mass is 381 g/mol. The molecule has 3 heterocycles. The Bertz CT molecular complexity index is 995. The summed E-state index contributed by atoms with van der Waals surface area (Å²) < 4.78 is 19.9. The van der Waals surface area contributed by atoms with E-state index >= 15 is 0 Å². The number of nitrogens with zero attached hydrogens (tertiary/aromatic N) is 1. The molecule has 4 rings (SSSR count). The van der Waals surface area contributed by atoms with E-state index in [1.165, 1.54) is 11.6 Å². The number of anilines is 2. The van der Waals surface area contributed by atoms with Gasteiger partial charge in [-0.05, 0) is 42.3 Å². The summed E-state index contributed by atoms with van der Waals surface area (Å²) in [6.07, 6.45) is 5.98. The second kappa shape index (κ2) is 7.40. The van der Waals surface area contributed by atoms with Crippen LogP contribution in [0.1, 0.15) is 23.8 Å². The van der Waals surface area contributed by atoms with Gasteiger partial charge in [-0.15, -0.1) is 11.3 Å². The van der Waals surface area contributed by atoms with Crippen LogP contribution in [0.4, 0.5) is 15.8 Å². The molecule has 0 radical (unpaired) electrons. The van der Waals surface area contributed by atoms with Crippen LogP contribution in [-0.4, -0.2) is 11.5 Å². The van der Waals surface area contributed by atoms with E-state index in [0.717, 1.165) is 34.0 Å². The predicted octanol–water partition coefficient (Wildman–Crippen LogP) is 5.33. The lowest BCUT2D eigenvalue weighted by molar-refractivity contribution is 0.466. The predicted molar refractivity (Wildman–Crippen MR) is 109 cm³/mol. The standard InChI is InChI=1S/C21H20FN3OS/c1-2-3-13-4-6-16(25-12-13)20-11-17-21(27-20)19(8-9-24-17)26-18-7-5-14(23)10-15(18)22/h4-8,10-12,24H,2-3,9,23H2,1H3. The summed E-state index contributed by atoms with van der Waals surface area (Å²) in [6.45, 7) is 2.78. The number of nitrogen functional groups attached to an aromatic ring is 1. The van der Waals surface area contributed by atoms with E-state index in [4.69, 9.17) is 10.5 Å². The first kappa shape index (κ1) is 17.5. The zero-order valence-electron chi connectivity index (χ0n) is 15.0. The number of benzene rings is 1. The first-order valence-corrected chi connectivity index (χ1v) is 9.72. The first-order valence-electron chi connectivity index (χ1n) is 8.90. The van der Waals surface area contributed by atoms with Crippen molar-refractivity contribution in [2.24, 2.45) is 0 Å². The molecule has 6 heteroatoms. The van der Waals surface area contributed by atoms with Crippen LogP contribution in [0.3, 0.4) is 0 Å². The molecule has 1 aliphatic heterocycles. The third-order valence-corrected chi connectivity index (χ3v) is 5.50. The highest BCUT2D eigenvalue weighted by Gasteiger charge is 2.20. The van der Waals surface area contributed by atoms with Gasteiger partial charge >= 0.3 is 0 Å². The summed E-state index contributed by atoms with van der Waals surface area (Å²) in [6, 6.07) is 10.7. The van der Waals surface area contributed by atoms with Gasteiger partial charge < -0.3 is 15.8 Å². The number of halogens is 1. The lowest BCUT2D eigenvalue weighted by atomic mass is 10.1. The molecular weight excluding hydrogens is 361 g/mol. The number of ether oxygens (including phenoxy) is 1. The maximum atomic E-state index is 14.1. The molecule has 0 unspecified atom stereocenters. The largest absolute Gasteiger partial charge is 0.453 e. The summed E-state index contributed by atoms with van der Waals surface area (Å²) in [5.41, 5.74) is 9.12. The minimum Gasteiger partial charge on any atom is -0.453 e. The van der Waals surface area contributed by atoms with Crippen molar-refractivity contribution < 1.29 is 9.13 Å². The molecule has 27 heavy (non-hydrogen) atoms. The molecule has 0 amide bonds. The molecule has 0 saturated heterocycles. The number of thiophene rings is 1. The lowest BCUT2D eigenvalue weighted by Crippen LogP contribution is -2.09. The van der Waals surface area contributed by atoms with Gasteiger partial charge in [-0.2, -0.15) is 0 Å². The average Bonchev–Trinajstić information content (AvgIpc) is 3.10. The second-order valence-corrected chi connectivity index (χ2v) is 7.45. The molecule has 3 N–H and O–H groups in total. The fourth-order valence-corrected chi connectivity index (χ4v) is 4.08. The molecule has 138 valence electrons. The minimum atomic E-state index is -0.471. The van der Waals surface area contributed by atoms with Gasteiger partial charge in [0.25, 0.3) is 0 Å². The summed E-state index contributed by atoms with van der Waals surface area (Å²) in [5, 5.41) is 3.34. The van der Waals surface area contributed by atoms with E-state index in [-0.39, 0.29) is 5.75 Å². The van der Waals surface area contributed by atoms with E-state index in [1.807, 2.05) is 18.3 Å². The number of pyridine rings is 1. The lowest BCUT2D eigenvalue weighted by Gasteiger charge is -2.16. The van der Waals surface area contributed by atoms with Crippen molar-refractivity contribution in [3.63, 3.8) is 0 Å². The van der Waals surface area contributed by atoms with Gasteiger partial charge in [-0.25, -0.2) is 4.39 Å². The van der Waals surface area contributed by atoms with Crippen molar-refractivity contribution in [1.82, 2.24) is 4.98 Å². The number of hydrogen-bond acceptors (Lipinski definition) is 5. The Morgan fingerprint density at radius 1 is 1.26 bits per heavy atom. The number of rotatable bonds is 5. The van der Waals surface area contributed by atoms with Crippen molar-refractivity contribution in [3.05, 3.63) is 64.9 Å². The van der Waals surface area contributed by atoms with E-state index < -0.39 is 5.82 Å². The van der Waals surface area contributed by atoms with Crippen LogP contribution in [0.15, 0.2) is 48.7 Å². The molecule has 0 aliphatic carbocycles. The van der Waals surface area contributed by atoms with Crippen LogP contribution in [0.25, 0.3) is 16.3 Å². The zero-order valence-corrected chi connectivity index (χ0v) is 15.8. The van der Waals surface area contributed by atoms with Crippen LogP contribution < -0.4 is 15.8 Å². The Labute approximate surface area is 161 Å². The van der Waals surface area contributed by atoms with Crippen molar-refractivity contribution in [2.75, 3.05) is 17.6 Å². The molecule has 3 aromatic rings. The Kier molecular flexibility index (Phi) is 4.81. The minimum absolute atomic E-state index is 0.167. The van der Waals surface area contributed by atoms with Gasteiger partial charge in [0.1, 0.15) is 5.76 Å². The molecule has 0 saturated carbocycles. The summed E-state index contributed by atoms with van der Waals surface area (Å²) in [5.74, 6) is 0.340. The van der Waals surface area contributed by atoms with Crippen molar-refractivity contribution >= 4 is 28.5 Å². The van der Waals surface area contributed by atoms with E-state index in [1.54, 1.807) is 23.5 Å². The Balaban J connectivity index is 1.61. The summed E-state index contributed by atoms with van der Waals surface area (Å²) in [7, 11) is 0. The van der Waals surface area contributed by atoms with Crippen molar-refractivity contribution in [1.29, 1.82) is 0 Å². The molecular formula is C21H20FN3OS. The van der Waals surface area contributed by atoms with Crippen molar-refractivity contribution in [2.45, 2.75) is 19.8 Å². The summed E-state index contributed by atoms with van der Waals surface area (Å²) >= 11 is 1.58. The first-order chi connectivity index (χ1) is 13.1. The van der Waals surface area contributed by atoms with E-state index in [0.29, 0.717) is 18.0 Å². The van der Waals surface area contributed by atoms with Gasteiger partial charge in [0, 0.05) is 24.5 Å². The third-order valence-electron chi connectivity index (χ3n) is 4.33. The van der Waals surface area contributed by atoms with Crippen LogP contribution in [0, 0.1) is 5.82 Å². The molecule has 0 spiro atoms. The number of nitrogens with one attached hydrogen (secondary N) is 1. The van der Waals surface area contributed by atoms with Crippen molar-refractivity contribution in [3.8, 4) is 16.3 Å². The van der Waals surface area contributed by atoms with Gasteiger partial charge in [0.15, 0.2) is 11.6 Å². The molecule has 4 nitrogen and oxygen atoms in total. The van der Waals surface area contributed by atoms with Gasteiger partial charge in [-0.3, -0.25) is 4.98 Å². The maximum absolute atomic E-state index is 14.1. The fraction of sp³-hybridized carbons (Fsp3) is 0.190. The summed E-state index contributed by atoms with van der Waals surface area (Å²) in [4.78, 5) is 6.58. The SMILES string of the molecule is CCCc1ccc(-c2cc3c(s2)C(Oc2ccc(N)cc2F)=CCN3)nc1. The van der Waals surface area contributed by atoms with Crippen LogP contribution in [0.5, 0.6) is 5.75 Å². The topological polar surface area (TPSA) is 60.2 Å². The van der Waals surface area contributed by atoms with Gasteiger partial charge in [-0.1, -0.05) is 19.4 Å². The highest BCUT2D eigenvalue weighted by atomic mass is 32.1. The smallest absolute Gasteiger partial charge is 0.167 e. The number of nitrogens with two attached hydrogens (primary N) is 1. The number of aryl methyl sites for hydroxylation is 1. The Hall–Kier alpha value is -2.86.